The molecule has 4 amide bonds. The molecule has 4 aliphatic rings. The number of amides is 4. The minimum Gasteiger partial charge on any atom is -0.484 e. The molecule has 3 fully saturated rings. The second-order valence-electron chi connectivity index (χ2n) is 16.7. The van der Waals surface area contributed by atoms with Gasteiger partial charge in [-0.25, -0.2) is 22.6 Å². The van der Waals surface area contributed by atoms with E-state index < -0.39 is 80.2 Å². The Labute approximate surface area is 339 Å². The van der Waals surface area contributed by atoms with Crippen LogP contribution in [0, 0.1) is 11.7 Å². The molecule has 5 atom stereocenters. The topological polar surface area (TPSA) is 186 Å². The minimum atomic E-state index is -3.94. The molecule has 2 aromatic heterocycles. The normalized spacial score (nSPS) is 26.3. The van der Waals surface area contributed by atoms with Crippen molar-refractivity contribution in [2.45, 2.75) is 113 Å². The van der Waals surface area contributed by atoms with E-state index in [2.05, 4.69) is 15.4 Å². The summed E-state index contributed by atoms with van der Waals surface area (Å²) in [5.74, 6) is -3.00. The van der Waals surface area contributed by atoms with Crippen LogP contribution in [-0.2, 0) is 29.1 Å². The molecule has 2 aliphatic heterocycles. The van der Waals surface area contributed by atoms with Crippen LogP contribution in [0.1, 0.15) is 78.6 Å². The number of fused-ring (bicyclic) bond motifs is 6. The van der Waals surface area contributed by atoms with Crippen LogP contribution in [0.4, 0.5) is 9.18 Å². The number of sulfonamides is 1. The molecule has 2 aliphatic carbocycles. The summed E-state index contributed by atoms with van der Waals surface area (Å²) in [4.78, 5) is 62.2. The Morgan fingerprint density at radius 2 is 1.86 bits per heavy atom. The van der Waals surface area contributed by atoms with Gasteiger partial charge < -0.3 is 29.4 Å². The molecule has 4 aromatic rings. The molecule has 0 unspecified atom stereocenters. The minimum absolute atomic E-state index is 0.0814. The van der Waals surface area contributed by atoms with E-state index in [0.717, 1.165) is 12.8 Å². The number of halogens is 2. The van der Waals surface area contributed by atoms with Gasteiger partial charge in [-0.2, -0.15) is 0 Å². The fourth-order valence-electron chi connectivity index (χ4n) is 7.93. The van der Waals surface area contributed by atoms with Gasteiger partial charge in [0.15, 0.2) is 11.3 Å². The van der Waals surface area contributed by atoms with Gasteiger partial charge in [-0.1, -0.05) is 36.6 Å². The van der Waals surface area contributed by atoms with Crippen molar-refractivity contribution in [1.29, 1.82) is 0 Å². The molecule has 4 heterocycles. The number of furan rings is 1. The summed E-state index contributed by atoms with van der Waals surface area (Å²) in [7, 11) is -3.94. The molecule has 3 N–H and O–H groups in total. The van der Waals surface area contributed by atoms with Crippen LogP contribution in [0.15, 0.2) is 53.0 Å². The van der Waals surface area contributed by atoms with E-state index in [0.29, 0.717) is 58.1 Å². The predicted molar refractivity (Wildman–Crippen MR) is 213 cm³/mol. The summed E-state index contributed by atoms with van der Waals surface area (Å²) >= 11 is 6.33. The summed E-state index contributed by atoms with van der Waals surface area (Å²) in [6.07, 6.45) is 5.99. The van der Waals surface area contributed by atoms with Crippen molar-refractivity contribution in [3.8, 4) is 5.75 Å². The van der Waals surface area contributed by atoms with Crippen LogP contribution in [-0.4, -0.2) is 83.2 Å². The van der Waals surface area contributed by atoms with E-state index in [9.17, 15) is 32.0 Å². The molecule has 0 bridgehead atoms. The zero-order valence-electron chi connectivity index (χ0n) is 32.3. The number of ether oxygens (including phenoxy) is 2. The van der Waals surface area contributed by atoms with Crippen molar-refractivity contribution in [2.75, 3.05) is 6.54 Å². The highest BCUT2D eigenvalue weighted by molar-refractivity contribution is 7.91. The number of allylic oxidation sites excluding steroid dienone is 1. The smallest absolute Gasteiger partial charge is 0.408 e. The Hall–Kier alpha value is -4.96. The van der Waals surface area contributed by atoms with Gasteiger partial charge in [0.2, 0.25) is 21.8 Å². The first-order valence-corrected chi connectivity index (χ1v) is 21.6. The molecule has 0 spiro atoms. The number of hydrogen-bond acceptors (Lipinski definition) is 10. The van der Waals surface area contributed by atoms with Gasteiger partial charge in [0.1, 0.15) is 46.2 Å². The van der Waals surface area contributed by atoms with Crippen molar-refractivity contribution >= 4 is 78.4 Å². The van der Waals surface area contributed by atoms with Crippen molar-refractivity contribution in [3.63, 3.8) is 0 Å². The number of alkyl carbamates (subject to hydrolysis) is 1. The number of nitrogens with one attached hydrogen (secondary N) is 3. The number of carbonyl (C=O) groups excluding carboxylic acids is 4. The average molecular weight is 838 g/mol. The highest BCUT2D eigenvalue weighted by atomic mass is 35.5. The molecule has 17 heteroatoms. The standard InChI is InChI=1S/C41H45ClFN5O9S/c1-40(2,3)57-39(52)45-30-10-8-6-4-5-7-9-22-20-41(22,38(51)47-58(53,54)26-13-14-26)46-36(49)31-19-25(21-48(31)37(30)50)55-34-27-18-24(43)12-15-29(27)44-33-28-17-23(42)11-16-32(28)56-35(33)34/h7,9,11-12,15-18,22,25-26,30-31H,4-6,8,10,13-14,19-21H2,1-3H3,(H,45,52)(H,46,49)(H,47,51)/b9-7-/t22-,25+,30-,31-,41+/m0/s1. The second-order valence-corrected chi connectivity index (χ2v) is 19.1. The SMILES string of the molecule is CC(C)(C)OC(=O)N[C@H]1CCCCC/C=C\[C@H]2C[C@@]2(C(=O)NS(=O)(=O)C2CC2)NC(=O)[C@@H]2C[C@@H](Oc3c4cc(F)ccc4nc4c3oc3ccc(Cl)cc34)CN2C1=O. The van der Waals surface area contributed by atoms with E-state index in [1.807, 2.05) is 12.2 Å². The van der Waals surface area contributed by atoms with Crippen LogP contribution >= 0.6 is 11.6 Å². The monoisotopic (exact) mass is 837 g/mol. The van der Waals surface area contributed by atoms with Gasteiger partial charge in [-0.15, -0.1) is 0 Å². The van der Waals surface area contributed by atoms with Gasteiger partial charge in [0, 0.05) is 28.1 Å². The highest BCUT2D eigenvalue weighted by Crippen LogP contribution is 2.46. The molecule has 0 radical (unpaired) electrons. The molecule has 58 heavy (non-hydrogen) atoms. The molecule has 2 aromatic carbocycles. The fraction of sp³-hybridized carbons (Fsp3) is 0.488. The number of benzene rings is 2. The molecule has 308 valence electrons. The Morgan fingerprint density at radius 1 is 1.07 bits per heavy atom. The maximum Gasteiger partial charge on any atom is 0.408 e. The lowest BCUT2D eigenvalue weighted by molar-refractivity contribution is -0.141. The van der Waals surface area contributed by atoms with Crippen LogP contribution < -0.4 is 20.1 Å². The summed E-state index contributed by atoms with van der Waals surface area (Å²) in [5, 5.41) is 6.25. The Kier molecular flexibility index (Phi) is 10.3. The van der Waals surface area contributed by atoms with E-state index in [4.69, 9.17) is 30.5 Å². The predicted octanol–water partition coefficient (Wildman–Crippen LogP) is 6.17. The van der Waals surface area contributed by atoms with Crippen molar-refractivity contribution in [3.05, 3.63) is 59.4 Å². The third kappa shape index (κ3) is 8.05. The summed E-state index contributed by atoms with van der Waals surface area (Å²) in [5.41, 5.74) is -0.943. The Morgan fingerprint density at radius 3 is 2.62 bits per heavy atom. The largest absolute Gasteiger partial charge is 0.484 e. The van der Waals surface area contributed by atoms with E-state index in [1.165, 1.54) is 23.1 Å². The third-order valence-corrected chi connectivity index (χ3v) is 13.1. The Bertz CT molecular complexity index is 2480. The Balaban J connectivity index is 1.16. The number of hydrogen-bond donors (Lipinski definition) is 3. The maximum atomic E-state index is 14.8. The van der Waals surface area contributed by atoms with Crippen molar-refractivity contribution in [2.24, 2.45) is 5.92 Å². The van der Waals surface area contributed by atoms with Gasteiger partial charge in [-0.05, 0) is 95.7 Å². The van der Waals surface area contributed by atoms with Gasteiger partial charge in [0.25, 0.3) is 5.91 Å². The second kappa shape index (κ2) is 15.0. The highest BCUT2D eigenvalue weighted by Gasteiger charge is 2.62. The number of aromatic nitrogens is 1. The zero-order valence-corrected chi connectivity index (χ0v) is 33.9. The maximum absolute atomic E-state index is 14.8. The number of rotatable bonds is 6. The van der Waals surface area contributed by atoms with Crippen molar-refractivity contribution < 1.29 is 45.9 Å². The molecule has 14 nitrogen and oxygen atoms in total. The molecule has 8 rings (SSSR count). The lowest BCUT2D eigenvalue weighted by atomic mass is 10.0. The molecular formula is C41H45ClFN5O9S. The van der Waals surface area contributed by atoms with Gasteiger partial charge in [0.05, 0.1) is 17.3 Å². The third-order valence-electron chi connectivity index (χ3n) is 11.1. The zero-order chi connectivity index (χ0) is 41.1. The van der Waals surface area contributed by atoms with Crippen molar-refractivity contribution in [1.82, 2.24) is 25.2 Å². The van der Waals surface area contributed by atoms with E-state index in [-0.39, 0.29) is 37.1 Å². The van der Waals surface area contributed by atoms with Crippen LogP contribution in [0.5, 0.6) is 5.75 Å². The lowest BCUT2D eigenvalue weighted by Gasteiger charge is -2.30. The molecular weight excluding hydrogens is 793 g/mol. The fourth-order valence-corrected chi connectivity index (χ4v) is 9.47. The average Bonchev–Trinajstić information content (AvgIpc) is 4.05. The van der Waals surface area contributed by atoms with E-state index >= 15 is 0 Å². The number of carbonyl (C=O) groups is 4. The van der Waals surface area contributed by atoms with Gasteiger partial charge >= 0.3 is 6.09 Å². The quantitative estimate of drug-likeness (QED) is 0.190. The van der Waals surface area contributed by atoms with E-state index in [1.54, 1.807) is 39.0 Å². The summed E-state index contributed by atoms with van der Waals surface area (Å²) in [6.45, 7) is 4.97. The molecule has 1 saturated heterocycles. The molecule has 2 saturated carbocycles. The number of pyridine rings is 1. The summed E-state index contributed by atoms with van der Waals surface area (Å²) in [6, 6.07) is 6.79. The first-order valence-electron chi connectivity index (χ1n) is 19.6. The first-order chi connectivity index (χ1) is 27.5. The first kappa shape index (κ1) is 39.8. The lowest BCUT2D eigenvalue weighted by Crippen LogP contribution is -2.58. The van der Waals surface area contributed by atoms with Crippen LogP contribution in [0.3, 0.4) is 0 Å². The van der Waals surface area contributed by atoms with Crippen LogP contribution in [0.25, 0.3) is 33.0 Å². The number of nitrogens with zero attached hydrogens (tertiary/aromatic N) is 2. The summed E-state index contributed by atoms with van der Waals surface area (Å²) < 4.78 is 61.2. The van der Waals surface area contributed by atoms with Gasteiger partial charge in [-0.3, -0.25) is 19.1 Å². The van der Waals surface area contributed by atoms with Crippen LogP contribution in [0.2, 0.25) is 5.02 Å².